The van der Waals surface area contributed by atoms with Crippen LogP contribution in [-0.2, 0) is 4.74 Å². The van der Waals surface area contributed by atoms with Gasteiger partial charge in [0, 0.05) is 38.4 Å². The van der Waals surface area contributed by atoms with E-state index in [0.717, 1.165) is 44.8 Å². The minimum atomic E-state index is -0.0477. The molecule has 0 spiro atoms. The monoisotopic (exact) mass is 334 g/mol. The molecule has 1 aromatic rings. The quantitative estimate of drug-likeness (QED) is 0.799. The number of anilines is 1. The molecule has 0 aliphatic carbocycles. The normalized spacial score (nSPS) is 16.4. The number of aromatic nitrogens is 1. The molecule has 0 atom stereocenters. The molecule has 0 unspecified atom stereocenters. The van der Waals surface area contributed by atoms with E-state index in [4.69, 9.17) is 4.74 Å². The van der Waals surface area contributed by atoms with Crippen molar-refractivity contribution in [3.8, 4) is 0 Å². The van der Waals surface area contributed by atoms with Crippen molar-refractivity contribution >= 4 is 11.7 Å². The van der Waals surface area contributed by atoms with Crippen molar-refractivity contribution in [2.24, 2.45) is 0 Å². The Labute approximate surface area is 145 Å². The smallest absolute Gasteiger partial charge is 0.255 e. The molecule has 2 heterocycles. The molecule has 1 fully saturated rings. The zero-order chi connectivity index (χ0) is 17.5. The first-order valence-electron chi connectivity index (χ1n) is 8.79. The van der Waals surface area contributed by atoms with E-state index in [2.05, 4.69) is 34.4 Å². The molecule has 2 N–H and O–H groups in total. The molecule has 0 saturated carbocycles. The molecule has 0 aromatic carbocycles. The van der Waals surface area contributed by atoms with Gasteiger partial charge >= 0.3 is 0 Å². The first-order valence-corrected chi connectivity index (χ1v) is 8.79. The molecule has 1 amide bonds. The molecule has 0 bridgehead atoms. The Hall–Kier alpha value is -1.66. The van der Waals surface area contributed by atoms with Crippen LogP contribution in [0.5, 0.6) is 0 Å². The van der Waals surface area contributed by atoms with Gasteiger partial charge in [-0.05, 0) is 45.7 Å². The largest absolute Gasteiger partial charge is 0.377 e. The number of carbonyl (C=O) groups is 1. The summed E-state index contributed by atoms with van der Waals surface area (Å²) in [5.74, 6) is 0.587. The van der Waals surface area contributed by atoms with Crippen molar-refractivity contribution in [3.63, 3.8) is 0 Å². The van der Waals surface area contributed by atoms with Gasteiger partial charge in [0.05, 0.1) is 18.3 Å². The number of nitrogens with zero attached hydrogens (tertiary/aromatic N) is 2. The predicted octanol–water partition coefficient (Wildman–Crippen LogP) is 2.05. The van der Waals surface area contributed by atoms with E-state index >= 15 is 0 Å². The molecule has 2 rings (SSSR count). The molecule has 24 heavy (non-hydrogen) atoms. The molecule has 1 saturated heterocycles. The maximum absolute atomic E-state index is 12.5. The summed E-state index contributed by atoms with van der Waals surface area (Å²) >= 11 is 0. The number of ether oxygens (including phenoxy) is 1. The number of aryl methyl sites for hydroxylation is 1. The highest BCUT2D eigenvalue weighted by atomic mass is 16.5. The average molecular weight is 334 g/mol. The van der Waals surface area contributed by atoms with Crippen LogP contribution in [0.1, 0.15) is 42.7 Å². The predicted molar refractivity (Wildman–Crippen MR) is 96.5 cm³/mol. The van der Waals surface area contributed by atoms with E-state index in [9.17, 15) is 4.79 Å². The molecule has 0 radical (unpaired) electrons. The first-order chi connectivity index (χ1) is 11.5. The Bertz CT molecular complexity index is 540. The van der Waals surface area contributed by atoms with E-state index in [1.807, 2.05) is 19.1 Å². The van der Waals surface area contributed by atoms with Gasteiger partial charge in [0.25, 0.3) is 5.91 Å². The SMILES string of the molecule is CNc1nc(C)ccc1C(=O)NC1CCN(CCOC(C)C)CC1. The highest BCUT2D eigenvalue weighted by Gasteiger charge is 2.22. The lowest BCUT2D eigenvalue weighted by Crippen LogP contribution is -2.45. The maximum Gasteiger partial charge on any atom is 0.255 e. The van der Waals surface area contributed by atoms with E-state index < -0.39 is 0 Å². The fourth-order valence-electron chi connectivity index (χ4n) is 2.91. The summed E-state index contributed by atoms with van der Waals surface area (Å²) in [4.78, 5) is 19.3. The third kappa shape index (κ3) is 5.46. The number of nitrogens with one attached hydrogen (secondary N) is 2. The molecule has 134 valence electrons. The van der Waals surface area contributed by atoms with Gasteiger partial charge in [-0.15, -0.1) is 0 Å². The van der Waals surface area contributed by atoms with E-state index in [0.29, 0.717) is 11.4 Å². The van der Waals surface area contributed by atoms with E-state index in [1.165, 1.54) is 0 Å². The number of carbonyl (C=O) groups excluding carboxylic acids is 1. The molecule has 1 aliphatic heterocycles. The summed E-state index contributed by atoms with van der Waals surface area (Å²) in [5.41, 5.74) is 1.50. The summed E-state index contributed by atoms with van der Waals surface area (Å²) in [5, 5.41) is 6.15. The maximum atomic E-state index is 12.5. The fourth-order valence-corrected chi connectivity index (χ4v) is 2.91. The van der Waals surface area contributed by atoms with Crippen LogP contribution in [0, 0.1) is 6.92 Å². The number of hydrogen-bond donors (Lipinski definition) is 2. The van der Waals surface area contributed by atoms with Crippen molar-refractivity contribution in [2.45, 2.75) is 45.8 Å². The van der Waals surface area contributed by atoms with E-state index in [-0.39, 0.29) is 18.1 Å². The summed E-state index contributed by atoms with van der Waals surface area (Å²) in [7, 11) is 1.79. The van der Waals surface area contributed by atoms with Crippen molar-refractivity contribution in [1.29, 1.82) is 0 Å². The second kappa shape index (κ2) is 8.99. The molecule has 6 heteroatoms. The Morgan fingerprint density at radius 1 is 1.38 bits per heavy atom. The summed E-state index contributed by atoms with van der Waals surface area (Å²) < 4.78 is 5.60. The third-order valence-corrected chi connectivity index (χ3v) is 4.30. The molecular weight excluding hydrogens is 304 g/mol. The number of amides is 1. The molecule has 1 aromatic heterocycles. The molecule has 6 nitrogen and oxygen atoms in total. The summed E-state index contributed by atoms with van der Waals surface area (Å²) in [6.45, 7) is 9.76. The van der Waals surface area contributed by atoms with Crippen molar-refractivity contribution in [2.75, 3.05) is 38.6 Å². The third-order valence-electron chi connectivity index (χ3n) is 4.30. The van der Waals surface area contributed by atoms with Crippen LogP contribution in [0.3, 0.4) is 0 Å². The van der Waals surface area contributed by atoms with Gasteiger partial charge in [0.1, 0.15) is 5.82 Å². The minimum Gasteiger partial charge on any atom is -0.377 e. The Balaban J connectivity index is 1.80. The Morgan fingerprint density at radius 3 is 2.71 bits per heavy atom. The van der Waals surface area contributed by atoms with Gasteiger partial charge in [0.15, 0.2) is 0 Å². The topological polar surface area (TPSA) is 66.5 Å². The van der Waals surface area contributed by atoms with Crippen molar-refractivity contribution < 1.29 is 9.53 Å². The number of rotatable bonds is 7. The lowest BCUT2D eigenvalue weighted by molar-refractivity contribution is 0.0520. The zero-order valence-electron chi connectivity index (χ0n) is 15.3. The van der Waals surface area contributed by atoms with Crippen LogP contribution in [0.25, 0.3) is 0 Å². The van der Waals surface area contributed by atoms with Crippen LogP contribution in [0.15, 0.2) is 12.1 Å². The van der Waals surface area contributed by atoms with Gasteiger partial charge in [-0.2, -0.15) is 0 Å². The standard InChI is InChI=1S/C18H30N4O2/c1-13(2)24-12-11-22-9-7-15(8-10-22)21-18(23)16-6-5-14(3)20-17(16)19-4/h5-6,13,15H,7-12H2,1-4H3,(H,19,20)(H,21,23). The highest BCUT2D eigenvalue weighted by molar-refractivity contribution is 5.98. The van der Waals surface area contributed by atoms with Crippen LogP contribution in [0.2, 0.25) is 0 Å². The van der Waals surface area contributed by atoms with Gasteiger partial charge in [-0.1, -0.05) is 0 Å². The van der Waals surface area contributed by atoms with Crippen LogP contribution in [-0.4, -0.2) is 61.2 Å². The number of piperidine rings is 1. The minimum absolute atomic E-state index is 0.0477. The Kier molecular flexibility index (Phi) is 6.99. The number of pyridine rings is 1. The molecular formula is C18H30N4O2. The van der Waals surface area contributed by atoms with Gasteiger partial charge in [-0.3, -0.25) is 4.79 Å². The second-order valence-corrected chi connectivity index (χ2v) is 6.61. The highest BCUT2D eigenvalue weighted by Crippen LogP contribution is 2.15. The van der Waals surface area contributed by atoms with Crippen LogP contribution >= 0.6 is 0 Å². The lowest BCUT2D eigenvalue weighted by atomic mass is 10.0. The van der Waals surface area contributed by atoms with Crippen LogP contribution in [0.4, 0.5) is 5.82 Å². The van der Waals surface area contributed by atoms with Gasteiger partial charge < -0.3 is 20.3 Å². The average Bonchev–Trinajstić information content (AvgIpc) is 2.55. The van der Waals surface area contributed by atoms with Crippen molar-refractivity contribution in [1.82, 2.24) is 15.2 Å². The fraction of sp³-hybridized carbons (Fsp3) is 0.667. The summed E-state index contributed by atoms with van der Waals surface area (Å²) in [6.07, 6.45) is 2.23. The van der Waals surface area contributed by atoms with Gasteiger partial charge in [0.2, 0.25) is 0 Å². The van der Waals surface area contributed by atoms with E-state index in [1.54, 1.807) is 7.05 Å². The van der Waals surface area contributed by atoms with Crippen molar-refractivity contribution in [3.05, 3.63) is 23.4 Å². The first kappa shape index (κ1) is 18.7. The number of likely N-dealkylation sites (tertiary alicyclic amines) is 1. The molecule has 1 aliphatic rings. The zero-order valence-corrected chi connectivity index (χ0v) is 15.3. The number of hydrogen-bond acceptors (Lipinski definition) is 5. The van der Waals surface area contributed by atoms with Gasteiger partial charge in [-0.25, -0.2) is 4.98 Å². The summed E-state index contributed by atoms with van der Waals surface area (Å²) in [6, 6.07) is 3.93. The Morgan fingerprint density at radius 2 is 2.08 bits per heavy atom. The second-order valence-electron chi connectivity index (χ2n) is 6.61. The lowest BCUT2D eigenvalue weighted by Gasteiger charge is -2.32. The van der Waals surface area contributed by atoms with Crippen LogP contribution < -0.4 is 10.6 Å².